The van der Waals surface area contributed by atoms with E-state index in [0.717, 1.165) is 0 Å². The Kier molecular flexibility index (Phi) is 3.77. The topological polar surface area (TPSA) is 100 Å². The largest absolute Gasteiger partial charge is 0.448 e. The van der Waals surface area contributed by atoms with Gasteiger partial charge in [0.25, 0.3) is 5.91 Å². The van der Waals surface area contributed by atoms with Gasteiger partial charge in [0.05, 0.1) is 5.69 Å². The molecule has 4 N–H and O–H groups in total. The Hall–Kier alpha value is -1.98. The average molecular weight is 239 g/mol. The number of ether oxygens (including phenoxy) is 1. The molecule has 1 rings (SSSR count). The molecule has 0 fully saturated rings. The van der Waals surface area contributed by atoms with Crippen molar-refractivity contribution in [1.29, 1.82) is 0 Å². The highest BCUT2D eigenvalue weighted by Gasteiger charge is 2.20. The van der Waals surface area contributed by atoms with Crippen LogP contribution in [0, 0.1) is 0 Å². The molecule has 17 heavy (non-hydrogen) atoms. The van der Waals surface area contributed by atoms with Crippen LogP contribution in [0.5, 0.6) is 0 Å². The Morgan fingerprint density at radius 2 is 1.94 bits per heavy atom. The molecule has 1 heterocycles. The van der Waals surface area contributed by atoms with Crippen LogP contribution in [0.1, 0.15) is 37.3 Å². The van der Waals surface area contributed by atoms with Gasteiger partial charge in [-0.05, 0) is 26.8 Å². The minimum absolute atomic E-state index is 0.0683. The van der Waals surface area contributed by atoms with Crippen LogP contribution in [0.3, 0.4) is 0 Å². The molecule has 1 amide bonds. The third-order valence-corrected chi connectivity index (χ3v) is 2.32. The van der Waals surface area contributed by atoms with Crippen molar-refractivity contribution >= 4 is 17.6 Å². The van der Waals surface area contributed by atoms with Gasteiger partial charge < -0.3 is 20.8 Å². The van der Waals surface area contributed by atoms with Crippen molar-refractivity contribution < 1.29 is 14.3 Å². The fraction of sp³-hybridized carbons (Fsp3) is 0.455. The van der Waals surface area contributed by atoms with Crippen LogP contribution in [-0.4, -0.2) is 22.5 Å². The summed E-state index contributed by atoms with van der Waals surface area (Å²) in [6.07, 6.45) is 0.690. The van der Waals surface area contributed by atoms with Crippen molar-refractivity contribution in [2.24, 2.45) is 5.73 Å². The van der Waals surface area contributed by atoms with Gasteiger partial charge in [-0.1, -0.05) is 0 Å². The van der Waals surface area contributed by atoms with Gasteiger partial charge in [0.1, 0.15) is 5.69 Å². The van der Waals surface area contributed by atoms with Gasteiger partial charge in [-0.25, -0.2) is 4.79 Å². The second-order valence-electron chi connectivity index (χ2n) is 4.11. The van der Waals surface area contributed by atoms with Gasteiger partial charge in [-0.2, -0.15) is 0 Å². The number of nitrogen functional groups attached to an aromatic ring is 1. The zero-order valence-corrected chi connectivity index (χ0v) is 10.1. The van der Waals surface area contributed by atoms with Gasteiger partial charge in [0.2, 0.25) is 0 Å². The van der Waals surface area contributed by atoms with Crippen LogP contribution >= 0.6 is 0 Å². The Bertz CT molecular complexity index is 437. The van der Waals surface area contributed by atoms with Gasteiger partial charge in [-0.3, -0.25) is 4.79 Å². The highest BCUT2D eigenvalue weighted by Crippen LogP contribution is 2.17. The van der Waals surface area contributed by atoms with Crippen LogP contribution < -0.4 is 11.5 Å². The third-order valence-electron chi connectivity index (χ3n) is 2.32. The van der Waals surface area contributed by atoms with Crippen LogP contribution in [0.25, 0.3) is 0 Å². The van der Waals surface area contributed by atoms with E-state index in [0.29, 0.717) is 11.4 Å². The van der Waals surface area contributed by atoms with Crippen LogP contribution in [-0.2, 0) is 9.53 Å². The van der Waals surface area contributed by atoms with Crippen LogP contribution in [0.15, 0.2) is 12.3 Å². The maximum Gasteiger partial charge on any atom is 0.355 e. The summed E-state index contributed by atoms with van der Waals surface area (Å²) in [6, 6.07) is 1.58. The summed E-state index contributed by atoms with van der Waals surface area (Å²) in [7, 11) is 0. The van der Waals surface area contributed by atoms with E-state index in [1.807, 2.05) is 13.8 Å². The van der Waals surface area contributed by atoms with Crippen molar-refractivity contribution in [3.8, 4) is 0 Å². The van der Waals surface area contributed by atoms with E-state index in [9.17, 15) is 9.59 Å². The summed E-state index contributed by atoms with van der Waals surface area (Å²) < 4.78 is 6.60. The quantitative estimate of drug-likeness (QED) is 0.754. The summed E-state index contributed by atoms with van der Waals surface area (Å²) in [5.41, 5.74) is 11.4. The first kappa shape index (κ1) is 13.1. The maximum absolute atomic E-state index is 11.8. The zero-order valence-electron chi connectivity index (χ0n) is 10.1. The summed E-state index contributed by atoms with van der Waals surface area (Å²) in [6.45, 7) is 5.24. The minimum Gasteiger partial charge on any atom is -0.448 e. The lowest BCUT2D eigenvalue weighted by Gasteiger charge is -2.14. The lowest BCUT2D eigenvalue weighted by molar-refractivity contribution is -0.125. The number of rotatable bonds is 4. The number of hydrogen-bond donors (Lipinski definition) is 2. The van der Waals surface area contributed by atoms with Crippen LogP contribution in [0.2, 0.25) is 0 Å². The second-order valence-corrected chi connectivity index (χ2v) is 4.11. The summed E-state index contributed by atoms with van der Waals surface area (Å²) in [5, 5.41) is 0. The minimum atomic E-state index is -0.959. The number of carbonyl (C=O) groups is 2. The number of primary amides is 1. The molecule has 1 aromatic rings. The normalized spacial score (nSPS) is 12.5. The standard InChI is InChI=1S/C11H17N3O3/c1-6(2)14-5-8(12)4-9(14)11(16)17-7(3)10(13)15/h4-7H,12H2,1-3H3,(H2,13,15). The Morgan fingerprint density at radius 1 is 1.35 bits per heavy atom. The van der Waals surface area contributed by atoms with Crippen molar-refractivity contribution in [2.45, 2.75) is 32.9 Å². The summed E-state index contributed by atoms with van der Waals surface area (Å²) in [5.74, 6) is -1.30. The Balaban J connectivity index is 2.92. The second kappa shape index (κ2) is 4.90. The predicted octanol–water partition coefficient (Wildman–Crippen LogP) is 0.682. The van der Waals surface area contributed by atoms with E-state index >= 15 is 0 Å². The monoisotopic (exact) mass is 239 g/mol. The molecule has 0 saturated heterocycles. The number of anilines is 1. The van der Waals surface area contributed by atoms with Gasteiger partial charge in [-0.15, -0.1) is 0 Å². The van der Waals surface area contributed by atoms with Crippen molar-refractivity contribution in [2.75, 3.05) is 5.73 Å². The molecule has 0 bridgehead atoms. The summed E-state index contributed by atoms with van der Waals surface area (Å²) >= 11 is 0. The van der Waals surface area contributed by atoms with Crippen molar-refractivity contribution in [3.05, 3.63) is 18.0 Å². The molecule has 0 saturated carbocycles. The molecule has 6 nitrogen and oxygen atoms in total. The number of esters is 1. The van der Waals surface area contributed by atoms with E-state index in [1.54, 1.807) is 10.8 Å². The van der Waals surface area contributed by atoms with E-state index in [-0.39, 0.29) is 6.04 Å². The molecule has 6 heteroatoms. The molecule has 1 unspecified atom stereocenters. The highest BCUT2D eigenvalue weighted by molar-refractivity contribution is 5.91. The first-order chi connectivity index (χ1) is 7.82. The van der Waals surface area contributed by atoms with E-state index < -0.39 is 18.0 Å². The lowest BCUT2D eigenvalue weighted by Crippen LogP contribution is -2.31. The lowest BCUT2D eigenvalue weighted by atomic mass is 10.3. The molecule has 0 aromatic carbocycles. The molecule has 0 radical (unpaired) electrons. The number of hydrogen-bond acceptors (Lipinski definition) is 4. The molecule has 1 aromatic heterocycles. The van der Waals surface area contributed by atoms with Gasteiger partial charge >= 0.3 is 5.97 Å². The molecule has 1 atom stereocenters. The fourth-order valence-corrected chi connectivity index (χ4v) is 1.37. The Labute approximate surface area is 99.5 Å². The highest BCUT2D eigenvalue weighted by atomic mass is 16.5. The SMILES string of the molecule is CC(OC(=O)c1cc(N)cn1C(C)C)C(N)=O. The number of amides is 1. The number of nitrogens with zero attached hydrogens (tertiary/aromatic N) is 1. The van der Waals surface area contributed by atoms with Gasteiger partial charge in [0, 0.05) is 12.2 Å². The summed E-state index contributed by atoms with van der Waals surface area (Å²) in [4.78, 5) is 22.6. The first-order valence-electron chi connectivity index (χ1n) is 5.30. The molecule has 94 valence electrons. The smallest absolute Gasteiger partial charge is 0.355 e. The Morgan fingerprint density at radius 3 is 2.41 bits per heavy atom. The molecule has 0 spiro atoms. The van der Waals surface area contributed by atoms with E-state index in [1.165, 1.54) is 13.0 Å². The number of nitrogens with two attached hydrogens (primary N) is 2. The zero-order chi connectivity index (χ0) is 13.2. The maximum atomic E-state index is 11.8. The van der Waals surface area contributed by atoms with E-state index in [2.05, 4.69) is 0 Å². The third kappa shape index (κ3) is 2.99. The molecule has 0 aliphatic heterocycles. The average Bonchev–Trinajstić information content (AvgIpc) is 2.60. The molecular formula is C11H17N3O3. The number of carbonyl (C=O) groups excluding carboxylic acids is 2. The molecule has 0 aliphatic rings. The first-order valence-corrected chi connectivity index (χ1v) is 5.30. The predicted molar refractivity (Wildman–Crippen MR) is 63.3 cm³/mol. The fourth-order valence-electron chi connectivity index (χ4n) is 1.37. The molecular weight excluding hydrogens is 222 g/mol. The van der Waals surface area contributed by atoms with Crippen LogP contribution in [0.4, 0.5) is 5.69 Å². The van der Waals surface area contributed by atoms with E-state index in [4.69, 9.17) is 16.2 Å². The van der Waals surface area contributed by atoms with Crippen molar-refractivity contribution in [3.63, 3.8) is 0 Å². The van der Waals surface area contributed by atoms with Crippen molar-refractivity contribution in [1.82, 2.24) is 4.57 Å². The molecule has 0 aliphatic carbocycles. The van der Waals surface area contributed by atoms with Gasteiger partial charge in [0.15, 0.2) is 6.10 Å². The number of aromatic nitrogens is 1.